The average molecular weight is 334 g/mol. The monoisotopic (exact) mass is 333 g/mol. The van der Waals surface area contributed by atoms with Gasteiger partial charge < -0.3 is 10.1 Å². The van der Waals surface area contributed by atoms with Crippen LogP contribution in [0.1, 0.15) is 11.1 Å². The summed E-state index contributed by atoms with van der Waals surface area (Å²) < 4.78 is 5.71. The predicted molar refractivity (Wildman–Crippen MR) is 94.6 cm³/mol. The van der Waals surface area contributed by atoms with E-state index in [2.05, 4.69) is 15.8 Å². The summed E-state index contributed by atoms with van der Waals surface area (Å²) in [7, 11) is 1.73. The molecule has 0 bridgehead atoms. The van der Waals surface area contributed by atoms with Crippen molar-refractivity contribution >= 4 is 35.1 Å². The van der Waals surface area contributed by atoms with Gasteiger partial charge in [-0.1, -0.05) is 23.7 Å². The number of thiocarbonyl (C=S) groups is 1. The average Bonchev–Trinajstić information content (AvgIpc) is 2.54. The lowest BCUT2D eigenvalue weighted by Crippen LogP contribution is -2.28. The van der Waals surface area contributed by atoms with Crippen LogP contribution in [0.15, 0.2) is 53.6 Å². The van der Waals surface area contributed by atoms with Gasteiger partial charge >= 0.3 is 0 Å². The summed E-state index contributed by atoms with van der Waals surface area (Å²) in [5.41, 5.74) is 4.67. The van der Waals surface area contributed by atoms with E-state index in [0.717, 1.165) is 16.9 Å². The molecule has 4 nitrogen and oxygen atoms in total. The molecule has 114 valence electrons. The lowest BCUT2D eigenvalue weighted by Gasteiger charge is -2.07. The van der Waals surface area contributed by atoms with E-state index in [1.807, 2.05) is 48.5 Å². The molecule has 2 aromatic carbocycles. The van der Waals surface area contributed by atoms with E-state index in [9.17, 15) is 0 Å². The Morgan fingerprint density at radius 3 is 2.73 bits per heavy atom. The molecule has 0 radical (unpaired) electrons. The van der Waals surface area contributed by atoms with Crippen LogP contribution in [0.5, 0.6) is 5.75 Å². The van der Waals surface area contributed by atoms with Gasteiger partial charge in [-0.2, -0.15) is 5.10 Å². The number of hydrogen-bond donors (Lipinski definition) is 2. The second-order valence-corrected chi connectivity index (χ2v) is 5.28. The summed E-state index contributed by atoms with van der Waals surface area (Å²) in [4.78, 5) is 0. The lowest BCUT2D eigenvalue weighted by molar-refractivity contribution is 0.306. The molecule has 0 fully saturated rings. The molecule has 2 rings (SSSR count). The second kappa shape index (κ2) is 8.36. The normalized spacial score (nSPS) is 10.5. The third-order valence-electron chi connectivity index (χ3n) is 2.78. The Morgan fingerprint density at radius 2 is 2.05 bits per heavy atom. The van der Waals surface area contributed by atoms with Crippen LogP contribution in [-0.2, 0) is 6.61 Å². The van der Waals surface area contributed by atoms with Crippen LogP contribution < -0.4 is 15.5 Å². The minimum atomic E-state index is 0.470. The standard InChI is InChI=1S/C16H16ClN3OS/c1-18-16(22)20-19-10-12-5-7-15(8-6-12)21-11-13-3-2-4-14(17)9-13/h2-10H,11H2,1H3,(H2,18,20,22)/b19-10-. The third kappa shape index (κ3) is 5.35. The van der Waals surface area contributed by atoms with E-state index in [4.69, 9.17) is 28.6 Å². The first kappa shape index (κ1) is 16.3. The van der Waals surface area contributed by atoms with Gasteiger partial charge in [-0.05, 0) is 59.7 Å². The van der Waals surface area contributed by atoms with Crippen molar-refractivity contribution < 1.29 is 4.74 Å². The highest BCUT2D eigenvalue weighted by Gasteiger charge is 1.97. The number of rotatable bonds is 5. The maximum absolute atomic E-state index is 5.94. The zero-order valence-corrected chi connectivity index (χ0v) is 13.6. The van der Waals surface area contributed by atoms with E-state index >= 15 is 0 Å². The van der Waals surface area contributed by atoms with Crippen LogP contribution in [0.3, 0.4) is 0 Å². The molecule has 2 aromatic rings. The van der Waals surface area contributed by atoms with E-state index in [1.54, 1.807) is 13.3 Å². The Morgan fingerprint density at radius 1 is 1.27 bits per heavy atom. The van der Waals surface area contributed by atoms with Gasteiger partial charge in [-0.3, -0.25) is 5.43 Å². The van der Waals surface area contributed by atoms with Gasteiger partial charge in [0.05, 0.1) is 6.21 Å². The number of nitrogens with zero attached hydrogens (tertiary/aromatic N) is 1. The molecule has 0 aromatic heterocycles. The summed E-state index contributed by atoms with van der Waals surface area (Å²) in [5.74, 6) is 0.788. The van der Waals surface area contributed by atoms with Crippen LogP contribution >= 0.6 is 23.8 Å². The van der Waals surface area contributed by atoms with Gasteiger partial charge in [0.2, 0.25) is 0 Å². The first-order valence-corrected chi connectivity index (χ1v) is 7.44. The first-order valence-electron chi connectivity index (χ1n) is 6.65. The molecule has 6 heteroatoms. The Hall–Kier alpha value is -2.11. The summed E-state index contributed by atoms with van der Waals surface area (Å²) in [6.45, 7) is 0.478. The Bertz CT molecular complexity index is 659. The lowest BCUT2D eigenvalue weighted by atomic mass is 10.2. The predicted octanol–water partition coefficient (Wildman–Crippen LogP) is 3.35. The van der Waals surface area contributed by atoms with Crippen molar-refractivity contribution in [3.05, 3.63) is 64.7 Å². The molecule has 0 saturated carbocycles. The molecular weight excluding hydrogens is 318 g/mol. The molecule has 22 heavy (non-hydrogen) atoms. The number of hydrogen-bond acceptors (Lipinski definition) is 3. The van der Waals surface area contributed by atoms with E-state index in [-0.39, 0.29) is 0 Å². The van der Waals surface area contributed by atoms with Crippen molar-refractivity contribution in [3.63, 3.8) is 0 Å². The maximum Gasteiger partial charge on any atom is 0.186 e. The highest BCUT2D eigenvalue weighted by Crippen LogP contribution is 2.15. The van der Waals surface area contributed by atoms with Crippen molar-refractivity contribution in [2.45, 2.75) is 6.61 Å². The molecule has 0 atom stereocenters. The maximum atomic E-state index is 5.94. The fraction of sp³-hybridized carbons (Fsp3) is 0.125. The highest BCUT2D eigenvalue weighted by molar-refractivity contribution is 7.80. The van der Waals surface area contributed by atoms with Gasteiger partial charge in [0.15, 0.2) is 5.11 Å². The van der Waals surface area contributed by atoms with Crippen LogP contribution in [0.4, 0.5) is 0 Å². The summed E-state index contributed by atoms with van der Waals surface area (Å²) >= 11 is 10.9. The zero-order chi connectivity index (χ0) is 15.8. The Kier molecular flexibility index (Phi) is 6.18. The molecular formula is C16H16ClN3OS. The van der Waals surface area contributed by atoms with E-state index in [0.29, 0.717) is 16.7 Å². The van der Waals surface area contributed by atoms with Crippen LogP contribution in [0, 0.1) is 0 Å². The largest absolute Gasteiger partial charge is 0.489 e. The van der Waals surface area contributed by atoms with Crippen LogP contribution in [-0.4, -0.2) is 18.4 Å². The minimum Gasteiger partial charge on any atom is -0.489 e. The van der Waals surface area contributed by atoms with Crippen molar-refractivity contribution in [2.24, 2.45) is 5.10 Å². The van der Waals surface area contributed by atoms with Crippen LogP contribution in [0.2, 0.25) is 5.02 Å². The van der Waals surface area contributed by atoms with Crippen molar-refractivity contribution in [2.75, 3.05) is 7.05 Å². The van der Waals surface area contributed by atoms with Gasteiger partial charge in [-0.25, -0.2) is 0 Å². The molecule has 0 spiro atoms. The van der Waals surface area contributed by atoms with Crippen molar-refractivity contribution in [3.8, 4) is 5.75 Å². The zero-order valence-electron chi connectivity index (χ0n) is 12.0. The van der Waals surface area contributed by atoms with Crippen molar-refractivity contribution in [1.82, 2.24) is 10.7 Å². The molecule has 0 heterocycles. The molecule has 0 unspecified atom stereocenters. The molecule has 0 amide bonds. The van der Waals surface area contributed by atoms with E-state index < -0.39 is 0 Å². The van der Waals surface area contributed by atoms with E-state index in [1.165, 1.54) is 0 Å². The summed E-state index contributed by atoms with van der Waals surface area (Å²) in [6.07, 6.45) is 1.68. The molecule has 0 saturated heterocycles. The molecule has 2 N–H and O–H groups in total. The van der Waals surface area contributed by atoms with Gasteiger partial charge in [0.1, 0.15) is 12.4 Å². The smallest absolute Gasteiger partial charge is 0.186 e. The number of nitrogens with one attached hydrogen (secondary N) is 2. The Balaban J connectivity index is 1.87. The first-order chi connectivity index (χ1) is 10.7. The van der Waals surface area contributed by atoms with Gasteiger partial charge in [-0.15, -0.1) is 0 Å². The number of benzene rings is 2. The van der Waals surface area contributed by atoms with Gasteiger partial charge in [0, 0.05) is 12.1 Å². The number of hydrazone groups is 1. The quantitative estimate of drug-likeness (QED) is 0.500. The highest BCUT2D eigenvalue weighted by atomic mass is 35.5. The topological polar surface area (TPSA) is 45.7 Å². The summed E-state index contributed by atoms with van der Waals surface area (Å²) in [6, 6.07) is 15.2. The number of ether oxygens (including phenoxy) is 1. The molecule has 0 aliphatic rings. The van der Waals surface area contributed by atoms with Gasteiger partial charge in [0.25, 0.3) is 0 Å². The van der Waals surface area contributed by atoms with Crippen LogP contribution in [0.25, 0.3) is 0 Å². The fourth-order valence-corrected chi connectivity index (χ4v) is 1.93. The second-order valence-electron chi connectivity index (χ2n) is 4.44. The number of halogens is 1. The Labute approximate surface area is 140 Å². The minimum absolute atomic E-state index is 0.470. The molecule has 0 aliphatic carbocycles. The SMILES string of the molecule is CNC(=S)N/N=C\c1ccc(OCc2cccc(Cl)c2)cc1. The third-order valence-corrected chi connectivity index (χ3v) is 3.31. The molecule has 0 aliphatic heterocycles. The summed E-state index contributed by atoms with van der Waals surface area (Å²) in [5, 5.41) is 7.96. The van der Waals surface area contributed by atoms with Crippen molar-refractivity contribution in [1.29, 1.82) is 0 Å². The fourth-order valence-electron chi connectivity index (χ4n) is 1.66.